The minimum absolute atomic E-state index is 0.0138. The van der Waals surface area contributed by atoms with Gasteiger partial charge in [0.05, 0.1) is 13.2 Å². The van der Waals surface area contributed by atoms with E-state index >= 15 is 0 Å². The van der Waals surface area contributed by atoms with Gasteiger partial charge in [0, 0.05) is 30.8 Å². The van der Waals surface area contributed by atoms with Crippen molar-refractivity contribution in [3.05, 3.63) is 64.9 Å². The van der Waals surface area contributed by atoms with E-state index in [4.69, 9.17) is 16.3 Å². The molecule has 1 aliphatic heterocycles. The number of amides is 1. The van der Waals surface area contributed by atoms with Crippen LogP contribution in [0.25, 0.3) is 0 Å². The van der Waals surface area contributed by atoms with E-state index in [1.165, 1.54) is 5.56 Å². The van der Waals surface area contributed by atoms with E-state index in [1.807, 2.05) is 23.1 Å². The van der Waals surface area contributed by atoms with E-state index in [2.05, 4.69) is 17.1 Å². The lowest BCUT2D eigenvalue weighted by Gasteiger charge is -2.16. The van der Waals surface area contributed by atoms with Gasteiger partial charge in [-0.2, -0.15) is 0 Å². The summed E-state index contributed by atoms with van der Waals surface area (Å²) in [6.45, 7) is 2.78. The van der Waals surface area contributed by atoms with Gasteiger partial charge in [0.2, 0.25) is 0 Å². The Balaban J connectivity index is 1.47. The van der Waals surface area contributed by atoms with Gasteiger partial charge < -0.3 is 9.64 Å². The summed E-state index contributed by atoms with van der Waals surface area (Å²) in [5, 5.41) is 0.345. The molecule has 0 bridgehead atoms. The summed E-state index contributed by atoms with van der Waals surface area (Å²) < 4.78 is 5.79. The van der Waals surface area contributed by atoms with Gasteiger partial charge in [-0.25, -0.2) is 4.98 Å². The minimum Gasteiger partial charge on any atom is -0.376 e. The molecule has 0 radical (unpaired) electrons. The van der Waals surface area contributed by atoms with E-state index in [1.54, 1.807) is 18.3 Å². The quantitative estimate of drug-likeness (QED) is 0.789. The number of benzene rings is 1. The second-order valence-corrected chi connectivity index (χ2v) is 6.16. The molecule has 23 heavy (non-hydrogen) atoms. The summed E-state index contributed by atoms with van der Waals surface area (Å²) in [4.78, 5) is 18.2. The normalized spacial score (nSPS) is 17.4. The molecule has 1 aromatic carbocycles. The van der Waals surface area contributed by atoms with Crippen molar-refractivity contribution in [1.82, 2.24) is 9.88 Å². The fraction of sp³-hybridized carbons (Fsp3) is 0.333. The number of halogens is 1. The molecule has 1 atom stereocenters. The zero-order chi connectivity index (χ0) is 16.1. The molecule has 1 fully saturated rings. The molecular formula is C18H19ClN2O2. The van der Waals surface area contributed by atoms with Crippen molar-refractivity contribution in [2.24, 2.45) is 5.92 Å². The fourth-order valence-corrected chi connectivity index (χ4v) is 2.96. The van der Waals surface area contributed by atoms with Crippen LogP contribution in [0.5, 0.6) is 0 Å². The highest BCUT2D eigenvalue weighted by Crippen LogP contribution is 2.20. The van der Waals surface area contributed by atoms with Crippen LogP contribution in [0.3, 0.4) is 0 Å². The second kappa shape index (κ2) is 7.57. The summed E-state index contributed by atoms with van der Waals surface area (Å²) in [5.41, 5.74) is 1.76. The lowest BCUT2D eigenvalue weighted by atomic mass is 10.1. The van der Waals surface area contributed by atoms with Crippen LogP contribution in [-0.4, -0.2) is 35.5 Å². The highest BCUT2D eigenvalue weighted by Gasteiger charge is 2.27. The lowest BCUT2D eigenvalue weighted by molar-refractivity contribution is 0.0733. The molecule has 0 saturated carbocycles. The van der Waals surface area contributed by atoms with E-state index in [-0.39, 0.29) is 5.91 Å². The Labute approximate surface area is 141 Å². The topological polar surface area (TPSA) is 42.4 Å². The minimum atomic E-state index is 0.0138. The lowest BCUT2D eigenvalue weighted by Crippen LogP contribution is -2.29. The summed E-state index contributed by atoms with van der Waals surface area (Å²) in [7, 11) is 0. The Morgan fingerprint density at radius 3 is 2.91 bits per heavy atom. The Kier molecular flexibility index (Phi) is 5.26. The number of likely N-dealkylation sites (tertiary alicyclic amines) is 1. The molecule has 2 heterocycles. The Morgan fingerprint density at radius 1 is 1.30 bits per heavy atom. The van der Waals surface area contributed by atoms with Crippen LogP contribution < -0.4 is 0 Å². The maximum Gasteiger partial charge on any atom is 0.254 e. The number of pyridine rings is 1. The molecule has 1 amide bonds. The predicted octanol–water partition coefficient (Wildman–Crippen LogP) is 3.41. The van der Waals surface area contributed by atoms with Crippen molar-refractivity contribution < 1.29 is 9.53 Å². The molecule has 0 unspecified atom stereocenters. The molecule has 2 aromatic rings. The maximum atomic E-state index is 12.4. The molecule has 0 aliphatic carbocycles. The first-order valence-electron chi connectivity index (χ1n) is 7.75. The van der Waals surface area contributed by atoms with Crippen LogP contribution in [0.1, 0.15) is 22.3 Å². The predicted molar refractivity (Wildman–Crippen MR) is 89.4 cm³/mol. The Bertz CT molecular complexity index is 663. The first-order chi connectivity index (χ1) is 11.2. The first kappa shape index (κ1) is 16.0. The van der Waals surface area contributed by atoms with Crippen molar-refractivity contribution in [2.75, 3.05) is 19.7 Å². The van der Waals surface area contributed by atoms with Crippen LogP contribution in [0.2, 0.25) is 5.15 Å². The zero-order valence-electron chi connectivity index (χ0n) is 12.8. The van der Waals surface area contributed by atoms with Crippen molar-refractivity contribution in [3.8, 4) is 0 Å². The van der Waals surface area contributed by atoms with Gasteiger partial charge in [-0.05, 0) is 24.1 Å². The van der Waals surface area contributed by atoms with E-state index < -0.39 is 0 Å². The second-order valence-electron chi connectivity index (χ2n) is 5.77. The smallest absolute Gasteiger partial charge is 0.254 e. The third kappa shape index (κ3) is 4.30. The summed E-state index contributed by atoms with van der Waals surface area (Å²) in [6, 6.07) is 13.4. The van der Waals surface area contributed by atoms with Crippen LogP contribution in [-0.2, 0) is 11.3 Å². The third-order valence-electron chi connectivity index (χ3n) is 4.01. The van der Waals surface area contributed by atoms with Crippen LogP contribution in [0, 0.1) is 5.92 Å². The van der Waals surface area contributed by atoms with Gasteiger partial charge in [-0.15, -0.1) is 0 Å². The molecule has 1 aliphatic rings. The molecule has 4 nitrogen and oxygen atoms in total. The Morgan fingerprint density at radius 2 is 2.13 bits per heavy atom. The largest absolute Gasteiger partial charge is 0.376 e. The molecule has 1 saturated heterocycles. The summed E-state index contributed by atoms with van der Waals surface area (Å²) in [5.74, 6) is 0.403. The SMILES string of the molecule is O=C(c1ccnc(Cl)c1)N1CC[C@@H](COCc2ccccc2)C1. The number of ether oxygens (including phenoxy) is 1. The van der Waals surface area contributed by atoms with Crippen LogP contribution in [0.4, 0.5) is 0 Å². The van der Waals surface area contributed by atoms with Gasteiger partial charge in [0.15, 0.2) is 0 Å². The Hall–Kier alpha value is -1.91. The zero-order valence-corrected chi connectivity index (χ0v) is 13.6. The van der Waals surface area contributed by atoms with Crippen LogP contribution in [0.15, 0.2) is 48.7 Å². The highest BCUT2D eigenvalue weighted by molar-refractivity contribution is 6.29. The van der Waals surface area contributed by atoms with Gasteiger partial charge in [0.1, 0.15) is 5.15 Å². The van der Waals surface area contributed by atoms with Gasteiger partial charge >= 0.3 is 0 Å². The summed E-state index contributed by atoms with van der Waals surface area (Å²) >= 11 is 5.85. The number of aromatic nitrogens is 1. The highest BCUT2D eigenvalue weighted by atomic mass is 35.5. The van der Waals surface area contributed by atoms with E-state index in [0.29, 0.717) is 29.8 Å². The standard InChI is InChI=1S/C18H19ClN2O2/c19-17-10-16(6-8-20-17)18(22)21-9-7-15(11-21)13-23-12-14-4-2-1-3-5-14/h1-6,8,10,15H,7,9,11-13H2/t15-/m1/s1. The van der Waals surface area contributed by atoms with E-state index in [9.17, 15) is 4.79 Å². The molecule has 120 valence electrons. The molecule has 0 N–H and O–H groups in total. The van der Waals surface area contributed by atoms with Crippen molar-refractivity contribution in [3.63, 3.8) is 0 Å². The average molecular weight is 331 g/mol. The van der Waals surface area contributed by atoms with Crippen molar-refractivity contribution in [2.45, 2.75) is 13.0 Å². The monoisotopic (exact) mass is 330 g/mol. The van der Waals surface area contributed by atoms with Gasteiger partial charge in [-0.3, -0.25) is 4.79 Å². The molecule has 0 spiro atoms. The number of nitrogens with zero attached hydrogens (tertiary/aromatic N) is 2. The maximum absolute atomic E-state index is 12.4. The number of rotatable bonds is 5. The van der Waals surface area contributed by atoms with Gasteiger partial charge in [0.25, 0.3) is 5.91 Å². The van der Waals surface area contributed by atoms with Crippen LogP contribution >= 0.6 is 11.6 Å². The molecule has 5 heteroatoms. The van der Waals surface area contributed by atoms with Crippen molar-refractivity contribution in [1.29, 1.82) is 0 Å². The number of hydrogen-bond acceptors (Lipinski definition) is 3. The third-order valence-corrected chi connectivity index (χ3v) is 4.22. The fourth-order valence-electron chi connectivity index (χ4n) is 2.79. The molecule has 3 rings (SSSR count). The molecular weight excluding hydrogens is 312 g/mol. The van der Waals surface area contributed by atoms with E-state index in [0.717, 1.165) is 19.5 Å². The number of carbonyl (C=O) groups excluding carboxylic acids is 1. The number of hydrogen-bond donors (Lipinski definition) is 0. The van der Waals surface area contributed by atoms with Gasteiger partial charge in [-0.1, -0.05) is 41.9 Å². The first-order valence-corrected chi connectivity index (χ1v) is 8.12. The summed E-state index contributed by atoms with van der Waals surface area (Å²) in [6.07, 6.45) is 2.53. The van der Waals surface area contributed by atoms with Crippen molar-refractivity contribution >= 4 is 17.5 Å². The number of carbonyl (C=O) groups is 1. The average Bonchev–Trinajstić information content (AvgIpc) is 3.04. The molecule has 1 aromatic heterocycles.